The summed E-state index contributed by atoms with van der Waals surface area (Å²) >= 11 is 1.45. The second kappa shape index (κ2) is 9.59. The molecule has 0 unspecified atom stereocenters. The SMILES string of the molecule is CCc1cc(N(C(=O)C2CCC(C)CC2)C2CCC3(CC2)OCCO3)c(C(=O)OC)s1. The van der Waals surface area contributed by atoms with Crippen molar-refractivity contribution in [2.45, 2.75) is 83.5 Å². The van der Waals surface area contributed by atoms with Crippen LogP contribution in [0.1, 0.15) is 79.8 Å². The lowest BCUT2D eigenvalue weighted by molar-refractivity contribution is -0.179. The van der Waals surface area contributed by atoms with Crippen LogP contribution >= 0.6 is 11.3 Å². The van der Waals surface area contributed by atoms with Crippen LogP contribution in [0.25, 0.3) is 0 Å². The second-order valence-electron chi connectivity index (χ2n) is 9.28. The molecule has 1 aromatic heterocycles. The van der Waals surface area contributed by atoms with Crippen molar-refractivity contribution in [1.29, 1.82) is 0 Å². The van der Waals surface area contributed by atoms with Crippen LogP contribution in [0.15, 0.2) is 6.07 Å². The van der Waals surface area contributed by atoms with Crippen LogP contribution in [-0.2, 0) is 25.4 Å². The molecule has 1 aliphatic heterocycles. The predicted octanol–water partition coefficient (Wildman–Crippen LogP) is 4.94. The molecule has 7 heteroatoms. The second-order valence-corrected chi connectivity index (χ2v) is 10.4. The molecule has 1 aromatic rings. The number of carbonyl (C=O) groups is 2. The van der Waals surface area contributed by atoms with E-state index in [4.69, 9.17) is 14.2 Å². The van der Waals surface area contributed by atoms with Crippen molar-refractivity contribution in [3.63, 3.8) is 0 Å². The number of hydrogen-bond donors (Lipinski definition) is 0. The summed E-state index contributed by atoms with van der Waals surface area (Å²) in [5, 5.41) is 0. The van der Waals surface area contributed by atoms with Gasteiger partial charge in [0.15, 0.2) is 5.79 Å². The molecule has 31 heavy (non-hydrogen) atoms. The van der Waals surface area contributed by atoms with E-state index in [2.05, 4.69) is 13.8 Å². The molecule has 2 aliphatic carbocycles. The number of thiophene rings is 1. The molecule has 0 aromatic carbocycles. The van der Waals surface area contributed by atoms with E-state index in [1.165, 1.54) is 18.4 Å². The summed E-state index contributed by atoms with van der Waals surface area (Å²) in [5.41, 5.74) is 0.742. The molecular formula is C24H35NO5S. The zero-order chi connectivity index (χ0) is 22.0. The minimum absolute atomic E-state index is 0.0292. The molecule has 0 N–H and O–H groups in total. The first-order chi connectivity index (χ1) is 15.0. The van der Waals surface area contributed by atoms with Crippen molar-refractivity contribution in [1.82, 2.24) is 0 Å². The number of carbonyl (C=O) groups excluding carboxylic acids is 2. The maximum absolute atomic E-state index is 13.9. The van der Waals surface area contributed by atoms with Crippen molar-refractivity contribution in [2.75, 3.05) is 25.2 Å². The smallest absolute Gasteiger partial charge is 0.350 e. The highest BCUT2D eigenvalue weighted by atomic mass is 32.1. The number of methoxy groups -OCH3 is 1. The summed E-state index contributed by atoms with van der Waals surface area (Å²) < 4.78 is 16.9. The number of rotatable bonds is 5. The van der Waals surface area contributed by atoms with Crippen molar-refractivity contribution in [2.24, 2.45) is 11.8 Å². The van der Waals surface area contributed by atoms with Crippen molar-refractivity contribution in [3.05, 3.63) is 15.8 Å². The van der Waals surface area contributed by atoms with Crippen molar-refractivity contribution in [3.8, 4) is 0 Å². The van der Waals surface area contributed by atoms with Gasteiger partial charge in [0, 0.05) is 29.7 Å². The standard InChI is InChI=1S/C24H35NO5S/c1-4-19-15-20(21(31-19)23(27)28-3)25(22(26)17-7-5-16(2)6-8-17)18-9-11-24(12-10-18)29-13-14-30-24/h15-18H,4-14H2,1-3H3. The molecule has 2 heterocycles. The largest absolute Gasteiger partial charge is 0.465 e. The highest BCUT2D eigenvalue weighted by Crippen LogP contribution is 2.42. The molecular weight excluding hydrogens is 414 g/mol. The number of ether oxygens (including phenoxy) is 3. The molecule has 1 amide bonds. The van der Waals surface area contributed by atoms with E-state index >= 15 is 0 Å². The Morgan fingerprint density at radius 2 is 1.77 bits per heavy atom. The molecule has 3 aliphatic rings. The average Bonchev–Trinajstić information content (AvgIpc) is 3.43. The van der Waals surface area contributed by atoms with Gasteiger partial charge in [-0.2, -0.15) is 0 Å². The Labute approximate surface area is 189 Å². The summed E-state index contributed by atoms with van der Waals surface area (Å²) in [6, 6.07) is 2.08. The summed E-state index contributed by atoms with van der Waals surface area (Å²) in [7, 11) is 1.41. The fraction of sp³-hybridized carbons (Fsp3) is 0.750. The van der Waals surface area contributed by atoms with Crippen LogP contribution in [0.3, 0.4) is 0 Å². The monoisotopic (exact) mass is 449 g/mol. The average molecular weight is 450 g/mol. The third kappa shape index (κ3) is 4.69. The Balaban J connectivity index is 1.64. The zero-order valence-corrected chi connectivity index (χ0v) is 19.8. The van der Waals surface area contributed by atoms with Gasteiger partial charge < -0.3 is 19.1 Å². The number of anilines is 1. The minimum atomic E-state index is -0.472. The van der Waals surface area contributed by atoms with Crippen LogP contribution < -0.4 is 4.90 Å². The van der Waals surface area contributed by atoms with Crippen LogP contribution in [-0.4, -0.2) is 44.0 Å². The molecule has 0 bridgehead atoms. The maximum atomic E-state index is 13.9. The first kappa shape index (κ1) is 22.7. The van der Waals surface area contributed by atoms with Gasteiger partial charge in [0.1, 0.15) is 4.88 Å². The van der Waals surface area contributed by atoms with Gasteiger partial charge in [-0.25, -0.2) is 4.79 Å². The first-order valence-corrected chi connectivity index (χ1v) is 12.6. The van der Waals surface area contributed by atoms with Gasteiger partial charge in [-0.1, -0.05) is 13.8 Å². The molecule has 6 nitrogen and oxygen atoms in total. The van der Waals surface area contributed by atoms with Gasteiger partial charge in [-0.15, -0.1) is 11.3 Å². The van der Waals surface area contributed by atoms with E-state index < -0.39 is 5.79 Å². The number of nitrogens with zero attached hydrogens (tertiary/aromatic N) is 1. The van der Waals surface area contributed by atoms with E-state index in [0.717, 1.165) is 68.4 Å². The topological polar surface area (TPSA) is 65.1 Å². The molecule has 1 saturated heterocycles. The molecule has 4 rings (SSSR count). The van der Waals surface area contributed by atoms with Crippen LogP contribution in [0.5, 0.6) is 0 Å². The minimum Gasteiger partial charge on any atom is -0.465 e. The van der Waals surface area contributed by atoms with E-state index in [9.17, 15) is 9.59 Å². The Bertz CT molecular complexity index is 782. The third-order valence-electron chi connectivity index (χ3n) is 7.24. The molecule has 2 saturated carbocycles. The van der Waals surface area contributed by atoms with E-state index in [-0.39, 0.29) is 23.8 Å². The Morgan fingerprint density at radius 3 is 2.35 bits per heavy atom. The fourth-order valence-electron chi connectivity index (χ4n) is 5.31. The molecule has 3 fully saturated rings. The lowest BCUT2D eigenvalue weighted by atomic mass is 9.81. The molecule has 0 atom stereocenters. The molecule has 0 radical (unpaired) electrons. The molecule has 172 valence electrons. The van der Waals surface area contributed by atoms with Crippen LogP contribution in [0.2, 0.25) is 0 Å². The normalized spacial score (nSPS) is 26.2. The van der Waals surface area contributed by atoms with E-state index in [1.807, 2.05) is 11.0 Å². The summed E-state index contributed by atoms with van der Waals surface area (Å²) in [5.74, 6) is 0.0554. The highest BCUT2D eigenvalue weighted by molar-refractivity contribution is 7.14. The Hall–Kier alpha value is -1.44. The number of esters is 1. The van der Waals surface area contributed by atoms with Gasteiger partial charge in [-0.05, 0) is 56.9 Å². The maximum Gasteiger partial charge on any atom is 0.350 e. The summed E-state index contributed by atoms with van der Waals surface area (Å²) in [6.07, 6.45) is 8.05. The summed E-state index contributed by atoms with van der Waals surface area (Å²) in [4.78, 5) is 30.1. The summed E-state index contributed by atoms with van der Waals surface area (Å²) in [6.45, 7) is 5.63. The zero-order valence-electron chi connectivity index (χ0n) is 19.0. The van der Waals surface area contributed by atoms with Gasteiger partial charge in [-0.3, -0.25) is 4.79 Å². The van der Waals surface area contributed by atoms with Gasteiger partial charge >= 0.3 is 5.97 Å². The van der Waals surface area contributed by atoms with Crippen molar-refractivity contribution < 1.29 is 23.8 Å². The Morgan fingerprint density at radius 1 is 1.13 bits per heavy atom. The third-order valence-corrected chi connectivity index (χ3v) is 8.49. The number of amides is 1. The number of hydrogen-bond acceptors (Lipinski definition) is 6. The Kier molecular flexibility index (Phi) is 7.04. The fourth-order valence-corrected chi connectivity index (χ4v) is 6.31. The van der Waals surface area contributed by atoms with Gasteiger partial charge in [0.2, 0.25) is 5.91 Å². The van der Waals surface area contributed by atoms with Crippen molar-refractivity contribution >= 4 is 28.9 Å². The predicted molar refractivity (Wildman–Crippen MR) is 121 cm³/mol. The lowest BCUT2D eigenvalue weighted by Crippen LogP contribution is -2.49. The lowest BCUT2D eigenvalue weighted by Gasteiger charge is -2.42. The first-order valence-electron chi connectivity index (χ1n) is 11.8. The number of aryl methyl sites for hydroxylation is 1. The van der Waals surface area contributed by atoms with Crippen LogP contribution in [0, 0.1) is 11.8 Å². The molecule has 1 spiro atoms. The van der Waals surface area contributed by atoms with E-state index in [1.54, 1.807) is 0 Å². The van der Waals surface area contributed by atoms with Gasteiger partial charge in [0.05, 0.1) is 26.0 Å². The van der Waals surface area contributed by atoms with E-state index in [0.29, 0.717) is 24.0 Å². The van der Waals surface area contributed by atoms with Gasteiger partial charge in [0.25, 0.3) is 0 Å². The quantitative estimate of drug-likeness (QED) is 0.596. The van der Waals surface area contributed by atoms with Crippen LogP contribution in [0.4, 0.5) is 5.69 Å². The highest BCUT2D eigenvalue weighted by Gasteiger charge is 2.44.